The number of ether oxygens (including phenoxy) is 1. The monoisotopic (exact) mass is 352 g/mol. The quantitative estimate of drug-likeness (QED) is 0.829. The van der Waals surface area contributed by atoms with E-state index in [9.17, 15) is 9.59 Å². The number of hydrogen-bond acceptors (Lipinski definition) is 3. The van der Waals surface area contributed by atoms with Crippen LogP contribution in [0, 0.1) is 0 Å². The first kappa shape index (κ1) is 18.1. The van der Waals surface area contributed by atoms with E-state index in [4.69, 9.17) is 4.74 Å². The summed E-state index contributed by atoms with van der Waals surface area (Å²) in [6.07, 6.45) is 1.64. The molecule has 2 aromatic rings. The Labute approximate surface area is 154 Å². The maximum atomic E-state index is 12.3. The lowest BCUT2D eigenvalue weighted by molar-refractivity contribution is -0.139. The molecule has 136 valence electrons. The van der Waals surface area contributed by atoms with E-state index in [-0.39, 0.29) is 25.0 Å². The van der Waals surface area contributed by atoms with Gasteiger partial charge in [-0.05, 0) is 29.5 Å². The highest BCUT2D eigenvalue weighted by Gasteiger charge is 2.20. The molecule has 0 spiro atoms. The molecule has 2 amide bonds. The van der Waals surface area contributed by atoms with E-state index >= 15 is 0 Å². The first-order valence-corrected chi connectivity index (χ1v) is 8.95. The SMILES string of the molecule is O=C(COCC(=O)N1CCc2ccccc2C1)NCCc1ccccc1. The lowest BCUT2D eigenvalue weighted by atomic mass is 10.00. The molecule has 3 rings (SSSR count). The Morgan fingerprint density at radius 1 is 0.962 bits per heavy atom. The largest absolute Gasteiger partial charge is 0.362 e. The average molecular weight is 352 g/mol. The fraction of sp³-hybridized carbons (Fsp3) is 0.333. The number of carbonyl (C=O) groups is 2. The van der Waals surface area contributed by atoms with Gasteiger partial charge in [-0.15, -0.1) is 0 Å². The van der Waals surface area contributed by atoms with Crippen LogP contribution in [0.2, 0.25) is 0 Å². The smallest absolute Gasteiger partial charge is 0.248 e. The van der Waals surface area contributed by atoms with E-state index in [2.05, 4.69) is 17.4 Å². The Balaban J connectivity index is 1.33. The third-order valence-electron chi connectivity index (χ3n) is 4.52. The zero-order valence-corrected chi connectivity index (χ0v) is 14.8. The molecule has 1 aliphatic rings. The molecular weight excluding hydrogens is 328 g/mol. The standard InChI is InChI=1S/C21H24N2O3/c24-20(22-12-10-17-6-2-1-3-7-17)15-26-16-21(25)23-13-11-18-8-4-5-9-19(18)14-23/h1-9H,10-16H2,(H,22,24). The van der Waals surface area contributed by atoms with Crippen LogP contribution in [0.15, 0.2) is 54.6 Å². The maximum absolute atomic E-state index is 12.3. The van der Waals surface area contributed by atoms with Crippen molar-refractivity contribution in [1.29, 1.82) is 0 Å². The second kappa shape index (κ2) is 9.15. The Morgan fingerprint density at radius 2 is 1.69 bits per heavy atom. The summed E-state index contributed by atoms with van der Waals surface area (Å²) in [6, 6.07) is 18.1. The van der Waals surface area contributed by atoms with E-state index in [1.54, 1.807) is 4.90 Å². The number of rotatable bonds is 7. The third kappa shape index (κ3) is 5.17. The zero-order valence-electron chi connectivity index (χ0n) is 14.8. The molecule has 1 aliphatic heterocycles. The van der Waals surface area contributed by atoms with Gasteiger partial charge < -0.3 is 15.0 Å². The summed E-state index contributed by atoms with van der Waals surface area (Å²) in [5, 5.41) is 2.81. The van der Waals surface area contributed by atoms with Gasteiger partial charge in [-0.1, -0.05) is 54.6 Å². The number of amides is 2. The highest BCUT2D eigenvalue weighted by molar-refractivity contribution is 5.79. The van der Waals surface area contributed by atoms with Crippen LogP contribution in [0.4, 0.5) is 0 Å². The first-order valence-electron chi connectivity index (χ1n) is 8.95. The van der Waals surface area contributed by atoms with Gasteiger partial charge in [0.25, 0.3) is 0 Å². The van der Waals surface area contributed by atoms with Crippen LogP contribution in [0.1, 0.15) is 16.7 Å². The zero-order chi connectivity index (χ0) is 18.2. The molecule has 0 aromatic heterocycles. The predicted molar refractivity (Wildman–Crippen MR) is 99.5 cm³/mol. The van der Waals surface area contributed by atoms with E-state index in [0.29, 0.717) is 19.6 Å². The van der Waals surface area contributed by atoms with Crippen molar-refractivity contribution < 1.29 is 14.3 Å². The van der Waals surface area contributed by atoms with Gasteiger partial charge in [0.1, 0.15) is 13.2 Å². The van der Waals surface area contributed by atoms with Crippen molar-refractivity contribution in [3.8, 4) is 0 Å². The summed E-state index contributed by atoms with van der Waals surface area (Å²) in [5.41, 5.74) is 3.66. The van der Waals surface area contributed by atoms with Crippen LogP contribution in [0.3, 0.4) is 0 Å². The minimum absolute atomic E-state index is 0.0612. The van der Waals surface area contributed by atoms with Crippen LogP contribution >= 0.6 is 0 Å². The van der Waals surface area contributed by atoms with Gasteiger partial charge in [0.2, 0.25) is 11.8 Å². The van der Waals surface area contributed by atoms with Gasteiger partial charge in [-0.2, -0.15) is 0 Å². The lowest BCUT2D eigenvalue weighted by Crippen LogP contribution is -2.39. The molecular formula is C21H24N2O3. The molecule has 0 atom stereocenters. The molecule has 0 fully saturated rings. The van der Waals surface area contributed by atoms with Crippen molar-refractivity contribution in [3.05, 3.63) is 71.3 Å². The summed E-state index contributed by atoms with van der Waals surface area (Å²) in [7, 11) is 0. The van der Waals surface area contributed by atoms with Crippen LogP contribution in [-0.4, -0.2) is 43.0 Å². The molecule has 0 saturated carbocycles. The molecule has 0 radical (unpaired) electrons. The van der Waals surface area contributed by atoms with E-state index in [0.717, 1.165) is 12.8 Å². The number of benzene rings is 2. The van der Waals surface area contributed by atoms with Crippen LogP contribution in [0.5, 0.6) is 0 Å². The van der Waals surface area contributed by atoms with Crippen molar-refractivity contribution in [2.75, 3.05) is 26.3 Å². The second-order valence-electron chi connectivity index (χ2n) is 6.41. The molecule has 5 heteroatoms. The van der Waals surface area contributed by atoms with Gasteiger partial charge in [-0.25, -0.2) is 0 Å². The first-order chi connectivity index (χ1) is 12.7. The predicted octanol–water partition coefficient (Wildman–Crippen LogP) is 1.95. The fourth-order valence-electron chi connectivity index (χ4n) is 3.07. The summed E-state index contributed by atoms with van der Waals surface area (Å²) < 4.78 is 5.30. The Kier molecular flexibility index (Phi) is 6.39. The molecule has 1 heterocycles. The lowest BCUT2D eigenvalue weighted by Gasteiger charge is -2.28. The summed E-state index contributed by atoms with van der Waals surface area (Å²) in [6.45, 7) is 1.71. The van der Waals surface area contributed by atoms with E-state index in [1.165, 1.54) is 16.7 Å². The van der Waals surface area contributed by atoms with Crippen LogP contribution in [0.25, 0.3) is 0 Å². The second-order valence-corrected chi connectivity index (χ2v) is 6.41. The third-order valence-corrected chi connectivity index (χ3v) is 4.52. The normalized spacial score (nSPS) is 13.2. The van der Waals surface area contributed by atoms with E-state index in [1.807, 2.05) is 42.5 Å². The van der Waals surface area contributed by atoms with Gasteiger partial charge in [0.05, 0.1) is 0 Å². The Bertz CT molecular complexity index is 746. The van der Waals surface area contributed by atoms with Gasteiger partial charge in [0.15, 0.2) is 0 Å². The highest BCUT2D eigenvalue weighted by atomic mass is 16.5. The minimum Gasteiger partial charge on any atom is -0.362 e. The fourth-order valence-corrected chi connectivity index (χ4v) is 3.07. The molecule has 26 heavy (non-hydrogen) atoms. The van der Waals surface area contributed by atoms with Gasteiger partial charge >= 0.3 is 0 Å². The summed E-state index contributed by atoms with van der Waals surface area (Å²) >= 11 is 0. The average Bonchev–Trinajstić information content (AvgIpc) is 2.68. The molecule has 5 nitrogen and oxygen atoms in total. The number of fused-ring (bicyclic) bond motifs is 1. The van der Waals surface area contributed by atoms with Crippen molar-refractivity contribution in [3.63, 3.8) is 0 Å². The van der Waals surface area contributed by atoms with Crippen LogP contribution in [-0.2, 0) is 33.7 Å². The molecule has 0 unspecified atom stereocenters. The molecule has 0 aliphatic carbocycles. The van der Waals surface area contributed by atoms with Crippen molar-refractivity contribution >= 4 is 11.8 Å². The summed E-state index contributed by atoms with van der Waals surface area (Å²) in [4.78, 5) is 25.8. The van der Waals surface area contributed by atoms with Crippen molar-refractivity contribution in [2.24, 2.45) is 0 Å². The number of nitrogens with zero attached hydrogens (tertiary/aromatic N) is 1. The maximum Gasteiger partial charge on any atom is 0.248 e. The Morgan fingerprint density at radius 3 is 2.50 bits per heavy atom. The topological polar surface area (TPSA) is 58.6 Å². The van der Waals surface area contributed by atoms with Crippen molar-refractivity contribution in [1.82, 2.24) is 10.2 Å². The van der Waals surface area contributed by atoms with Gasteiger partial charge in [0, 0.05) is 19.6 Å². The number of carbonyl (C=O) groups excluding carboxylic acids is 2. The minimum atomic E-state index is -0.197. The molecule has 0 saturated heterocycles. The van der Waals surface area contributed by atoms with Crippen molar-refractivity contribution in [2.45, 2.75) is 19.4 Å². The number of nitrogens with one attached hydrogen (secondary N) is 1. The number of hydrogen-bond donors (Lipinski definition) is 1. The molecule has 1 N–H and O–H groups in total. The van der Waals surface area contributed by atoms with Crippen LogP contribution < -0.4 is 5.32 Å². The molecule has 2 aromatic carbocycles. The Hall–Kier alpha value is -2.66. The van der Waals surface area contributed by atoms with Gasteiger partial charge in [-0.3, -0.25) is 9.59 Å². The molecule has 0 bridgehead atoms. The summed E-state index contributed by atoms with van der Waals surface area (Å²) in [5.74, 6) is -0.269. The highest BCUT2D eigenvalue weighted by Crippen LogP contribution is 2.18. The van der Waals surface area contributed by atoms with E-state index < -0.39 is 0 Å².